The average Bonchev–Trinajstić information content (AvgIpc) is 2.46. The van der Waals surface area contributed by atoms with Gasteiger partial charge in [-0.1, -0.05) is 44.7 Å². The molecule has 0 spiro atoms. The van der Waals surface area contributed by atoms with Crippen molar-refractivity contribution in [3.05, 3.63) is 39.7 Å². The lowest BCUT2D eigenvalue weighted by Gasteiger charge is -2.26. The Bertz CT molecular complexity index is 485. The molecular weight excluding hydrogens is 271 g/mol. The minimum absolute atomic E-state index is 0.344. The van der Waals surface area contributed by atoms with Gasteiger partial charge in [-0.3, -0.25) is 10.1 Å². The van der Waals surface area contributed by atoms with Crippen LogP contribution < -0.4 is 5.32 Å². The van der Waals surface area contributed by atoms with Gasteiger partial charge in [-0.15, -0.1) is 0 Å². The van der Waals surface area contributed by atoms with Gasteiger partial charge in [0.15, 0.2) is 0 Å². The predicted octanol–water partition coefficient (Wildman–Crippen LogP) is 4.04. The molecule has 1 saturated carbocycles. The normalized spacial score (nSPS) is 22.2. The molecular formula is C16H23FN2O2. The molecule has 0 saturated heterocycles. The van der Waals surface area contributed by atoms with Crippen LogP contribution in [-0.4, -0.2) is 11.5 Å². The number of benzene rings is 1. The molecule has 0 heterocycles. The highest BCUT2D eigenvalue weighted by Gasteiger charge is 2.18. The number of halogens is 1. The molecule has 1 fully saturated rings. The maximum atomic E-state index is 13.9. The summed E-state index contributed by atoms with van der Waals surface area (Å²) in [7, 11) is 0. The lowest BCUT2D eigenvalue weighted by atomic mass is 9.81. The molecule has 0 amide bonds. The van der Waals surface area contributed by atoms with Crippen molar-refractivity contribution < 1.29 is 9.31 Å². The second-order valence-electron chi connectivity index (χ2n) is 6.10. The van der Waals surface area contributed by atoms with Gasteiger partial charge in [-0.2, -0.15) is 4.39 Å². The van der Waals surface area contributed by atoms with Gasteiger partial charge < -0.3 is 5.32 Å². The molecule has 1 aromatic rings. The standard InChI is InChI=1S/C16H23FN2O2/c1-12-5-7-13(8-6-12)9-10-18-11-14-3-2-4-15(16(14)17)19(20)21/h2-4,12-13,18H,5-11H2,1H3. The Labute approximate surface area is 124 Å². The number of nitro groups is 1. The first kappa shape index (κ1) is 15.9. The van der Waals surface area contributed by atoms with Crippen molar-refractivity contribution in [3.8, 4) is 0 Å². The molecule has 1 aromatic carbocycles. The van der Waals surface area contributed by atoms with Crippen molar-refractivity contribution in [2.45, 2.75) is 45.6 Å². The molecule has 116 valence electrons. The molecule has 1 aliphatic rings. The third kappa shape index (κ3) is 4.49. The quantitative estimate of drug-likeness (QED) is 0.489. The van der Waals surface area contributed by atoms with E-state index in [2.05, 4.69) is 12.2 Å². The van der Waals surface area contributed by atoms with Crippen molar-refractivity contribution >= 4 is 5.69 Å². The Hall–Kier alpha value is -1.49. The van der Waals surface area contributed by atoms with Gasteiger partial charge in [0, 0.05) is 18.2 Å². The highest BCUT2D eigenvalue weighted by molar-refractivity contribution is 5.36. The minimum atomic E-state index is -0.721. The summed E-state index contributed by atoms with van der Waals surface area (Å²) in [6.45, 7) is 3.48. The number of rotatable bonds is 6. The predicted molar refractivity (Wildman–Crippen MR) is 80.5 cm³/mol. The van der Waals surface area contributed by atoms with Crippen LogP contribution in [0.4, 0.5) is 10.1 Å². The summed E-state index contributed by atoms with van der Waals surface area (Å²) in [6, 6.07) is 4.32. The van der Waals surface area contributed by atoms with Gasteiger partial charge in [-0.25, -0.2) is 0 Å². The van der Waals surface area contributed by atoms with Gasteiger partial charge >= 0.3 is 5.69 Å². The summed E-state index contributed by atoms with van der Waals surface area (Å²) in [5.74, 6) is 0.901. The number of nitrogens with one attached hydrogen (secondary N) is 1. The highest BCUT2D eigenvalue weighted by Crippen LogP contribution is 2.30. The Kier molecular flexibility index (Phi) is 5.67. The van der Waals surface area contributed by atoms with E-state index < -0.39 is 16.4 Å². The van der Waals surface area contributed by atoms with E-state index in [-0.39, 0.29) is 0 Å². The SMILES string of the molecule is CC1CCC(CCNCc2cccc([N+](=O)[O-])c2F)CC1. The summed E-state index contributed by atoms with van der Waals surface area (Å²) in [6.07, 6.45) is 6.29. The lowest BCUT2D eigenvalue weighted by molar-refractivity contribution is -0.387. The third-order valence-corrected chi connectivity index (χ3v) is 4.44. The van der Waals surface area contributed by atoms with Crippen molar-refractivity contribution in [1.29, 1.82) is 0 Å². The molecule has 1 aliphatic carbocycles. The fourth-order valence-corrected chi connectivity index (χ4v) is 2.99. The zero-order chi connectivity index (χ0) is 15.2. The Morgan fingerprint density at radius 1 is 1.33 bits per heavy atom. The second kappa shape index (κ2) is 7.50. The van der Waals surface area contributed by atoms with Crippen molar-refractivity contribution in [2.24, 2.45) is 11.8 Å². The average molecular weight is 294 g/mol. The number of hydrogen-bond donors (Lipinski definition) is 1. The van der Waals surface area contributed by atoms with E-state index in [0.29, 0.717) is 12.1 Å². The van der Waals surface area contributed by atoms with E-state index in [4.69, 9.17) is 0 Å². The first-order valence-electron chi connectivity index (χ1n) is 7.70. The molecule has 21 heavy (non-hydrogen) atoms. The minimum Gasteiger partial charge on any atom is -0.313 e. The largest absolute Gasteiger partial charge is 0.313 e. The smallest absolute Gasteiger partial charge is 0.305 e. The van der Waals surface area contributed by atoms with E-state index in [1.54, 1.807) is 6.07 Å². The Morgan fingerprint density at radius 2 is 2.05 bits per heavy atom. The van der Waals surface area contributed by atoms with E-state index in [1.807, 2.05) is 0 Å². The maximum absolute atomic E-state index is 13.9. The van der Waals surface area contributed by atoms with Crippen LogP contribution in [0.25, 0.3) is 0 Å². The summed E-state index contributed by atoms with van der Waals surface area (Å²) in [4.78, 5) is 10.0. The summed E-state index contributed by atoms with van der Waals surface area (Å²) in [5, 5.41) is 13.9. The summed E-state index contributed by atoms with van der Waals surface area (Å²) in [5.41, 5.74) is -0.0861. The van der Waals surface area contributed by atoms with E-state index in [1.165, 1.54) is 37.8 Å². The first-order valence-corrected chi connectivity index (χ1v) is 7.70. The van der Waals surface area contributed by atoms with E-state index in [9.17, 15) is 14.5 Å². The zero-order valence-corrected chi connectivity index (χ0v) is 12.5. The highest BCUT2D eigenvalue weighted by atomic mass is 19.1. The van der Waals surface area contributed by atoms with Crippen LogP contribution in [0.2, 0.25) is 0 Å². The van der Waals surface area contributed by atoms with Crippen molar-refractivity contribution in [1.82, 2.24) is 5.32 Å². The topological polar surface area (TPSA) is 55.2 Å². The molecule has 0 bridgehead atoms. The van der Waals surface area contributed by atoms with Gasteiger partial charge in [0.25, 0.3) is 0 Å². The van der Waals surface area contributed by atoms with Gasteiger partial charge in [-0.05, 0) is 24.8 Å². The maximum Gasteiger partial charge on any atom is 0.305 e. The van der Waals surface area contributed by atoms with E-state index in [0.717, 1.165) is 24.8 Å². The molecule has 0 unspecified atom stereocenters. The number of nitro benzene ring substituents is 1. The molecule has 0 aromatic heterocycles. The van der Waals surface area contributed by atoms with Crippen LogP contribution in [0.5, 0.6) is 0 Å². The van der Waals surface area contributed by atoms with Gasteiger partial charge in [0.2, 0.25) is 5.82 Å². The van der Waals surface area contributed by atoms with E-state index >= 15 is 0 Å². The second-order valence-corrected chi connectivity index (χ2v) is 6.10. The molecule has 0 aliphatic heterocycles. The number of nitrogens with zero attached hydrogens (tertiary/aromatic N) is 1. The third-order valence-electron chi connectivity index (χ3n) is 4.44. The van der Waals surface area contributed by atoms with Crippen LogP contribution in [0.3, 0.4) is 0 Å². The van der Waals surface area contributed by atoms with Gasteiger partial charge in [0.05, 0.1) is 4.92 Å². The molecule has 1 N–H and O–H groups in total. The van der Waals surface area contributed by atoms with Crippen LogP contribution in [0, 0.1) is 27.8 Å². The van der Waals surface area contributed by atoms with Crippen LogP contribution >= 0.6 is 0 Å². The summed E-state index contributed by atoms with van der Waals surface area (Å²) < 4.78 is 13.9. The summed E-state index contributed by atoms with van der Waals surface area (Å²) >= 11 is 0. The van der Waals surface area contributed by atoms with Crippen LogP contribution in [0.15, 0.2) is 18.2 Å². The molecule has 4 nitrogen and oxygen atoms in total. The van der Waals surface area contributed by atoms with Crippen molar-refractivity contribution in [3.63, 3.8) is 0 Å². The molecule has 0 atom stereocenters. The molecule has 5 heteroatoms. The van der Waals surface area contributed by atoms with Crippen LogP contribution in [-0.2, 0) is 6.54 Å². The first-order chi connectivity index (χ1) is 10.1. The Balaban J connectivity index is 1.76. The van der Waals surface area contributed by atoms with Crippen LogP contribution in [0.1, 0.15) is 44.6 Å². The zero-order valence-electron chi connectivity index (χ0n) is 12.5. The van der Waals surface area contributed by atoms with Gasteiger partial charge in [0.1, 0.15) is 0 Å². The fraction of sp³-hybridized carbons (Fsp3) is 0.625. The number of hydrogen-bond acceptors (Lipinski definition) is 3. The van der Waals surface area contributed by atoms with Crippen molar-refractivity contribution in [2.75, 3.05) is 6.54 Å². The molecule has 2 rings (SSSR count). The Morgan fingerprint density at radius 3 is 2.71 bits per heavy atom. The fourth-order valence-electron chi connectivity index (χ4n) is 2.99. The molecule has 0 radical (unpaired) electrons. The lowest BCUT2D eigenvalue weighted by Crippen LogP contribution is -2.21. The monoisotopic (exact) mass is 294 g/mol.